The average molecular weight is 526 g/mol. The molecular formula is C26H28BrN3O4. The smallest absolute Gasteiger partial charge is 0.250 e. The molecule has 2 aliphatic heterocycles. The Balaban J connectivity index is 1.44. The van der Waals surface area contributed by atoms with Crippen LogP contribution in [0.2, 0.25) is 0 Å². The van der Waals surface area contributed by atoms with Crippen molar-refractivity contribution in [2.45, 2.75) is 12.5 Å². The monoisotopic (exact) mass is 525 g/mol. The minimum Gasteiger partial charge on any atom is -0.456 e. The Morgan fingerprint density at radius 3 is 2.79 bits per heavy atom. The maximum Gasteiger partial charge on any atom is 0.250 e. The molecule has 0 bridgehead atoms. The van der Waals surface area contributed by atoms with E-state index in [1.807, 2.05) is 30.3 Å². The molecule has 0 amide bonds. The fraction of sp³-hybridized carbons (Fsp3) is 0.346. The van der Waals surface area contributed by atoms with E-state index in [4.69, 9.17) is 14.2 Å². The number of alkyl halides is 1. The van der Waals surface area contributed by atoms with Gasteiger partial charge in [-0.05, 0) is 35.9 Å². The average Bonchev–Trinajstić information content (AvgIpc) is 2.87. The van der Waals surface area contributed by atoms with E-state index in [1.54, 1.807) is 13.2 Å². The first kappa shape index (κ1) is 23.0. The summed E-state index contributed by atoms with van der Waals surface area (Å²) in [6.07, 6.45) is 0.755. The molecule has 0 spiro atoms. The number of hydrogen-bond donors (Lipinski definition) is 2. The van der Waals surface area contributed by atoms with Gasteiger partial charge in [-0.25, -0.2) is 0 Å². The molecule has 1 fully saturated rings. The first-order chi connectivity index (χ1) is 16.6. The predicted octanol–water partition coefficient (Wildman–Crippen LogP) is 4.40. The molecule has 8 heteroatoms. The third kappa shape index (κ3) is 4.85. The Bertz CT molecular complexity index is 1220. The fourth-order valence-electron chi connectivity index (χ4n) is 4.52. The molecule has 2 N–H and O–H groups in total. The van der Waals surface area contributed by atoms with Crippen molar-refractivity contribution in [1.82, 2.24) is 4.98 Å². The minimum absolute atomic E-state index is 0.124. The number of aromatic nitrogens is 1. The van der Waals surface area contributed by atoms with E-state index in [-0.39, 0.29) is 11.6 Å². The summed E-state index contributed by atoms with van der Waals surface area (Å²) in [4.78, 5) is 17.7. The van der Waals surface area contributed by atoms with E-state index in [2.05, 4.69) is 43.3 Å². The van der Waals surface area contributed by atoms with Crippen molar-refractivity contribution in [3.8, 4) is 22.8 Å². The standard InChI is InChI=1S/C26H28BrN3O4/c1-32-16-20(15-27)28-19-5-6-24-18(12-19)11-17-3-2-4-22(26(17)34-24)23-13-21(14-25(31)29-23)30-7-9-33-10-8-30/h2-6,12-14,20,28H,7-11,15-16H2,1H3,(H,29,31)/t20-/m0/s1. The molecule has 0 radical (unpaired) electrons. The number of para-hydroxylation sites is 1. The molecular weight excluding hydrogens is 498 g/mol. The molecule has 0 saturated carbocycles. The highest BCUT2D eigenvalue weighted by Gasteiger charge is 2.22. The summed E-state index contributed by atoms with van der Waals surface area (Å²) in [7, 11) is 1.70. The van der Waals surface area contributed by atoms with E-state index in [1.165, 1.54) is 0 Å². The zero-order valence-corrected chi connectivity index (χ0v) is 20.7. The molecule has 34 heavy (non-hydrogen) atoms. The zero-order chi connectivity index (χ0) is 23.5. The number of nitrogens with one attached hydrogen (secondary N) is 2. The lowest BCUT2D eigenvalue weighted by Gasteiger charge is -2.29. The van der Waals surface area contributed by atoms with Crippen LogP contribution in [-0.2, 0) is 15.9 Å². The second-order valence-corrected chi connectivity index (χ2v) is 9.21. The number of pyridine rings is 1. The summed E-state index contributed by atoms with van der Waals surface area (Å²) in [5.74, 6) is 1.63. The van der Waals surface area contributed by atoms with Gasteiger partial charge >= 0.3 is 0 Å². The number of halogens is 1. The van der Waals surface area contributed by atoms with Crippen LogP contribution in [-0.4, -0.2) is 56.4 Å². The van der Waals surface area contributed by atoms with Gasteiger partial charge in [-0.3, -0.25) is 4.79 Å². The number of rotatable bonds is 7. The van der Waals surface area contributed by atoms with Crippen LogP contribution in [0.3, 0.4) is 0 Å². The number of aromatic amines is 1. The lowest BCUT2D eigenvalue weighted by atomic mass is 9.96. The first-order valence-electron chi connectivity index (χ1n) is 11.5. The second kappa shape index (κ2) is 10.2. The zero-order valence-electron chi connectivity index (χ0n) is 19.1. The van der Waals surface area contributed by atoms with Crippen LogP contribution in [0.25, 0.3) is 11.3 Å². The van der Waals surface area contributed by atoms with Gasteiger partial charge in [0.25, 0.3) is 0 Å². The van der Waals surface area contributed by atoms with Gasteiger partial charge in [0.15, 0.2) is 0 Å². The van der Waals surface area contributed by atoms with Crippen molar-refractivity contribution in [2.75, 3.05) is 55.6 Å². The molecule has 5 rings (SSSR count). The van der Waals surface area contributed by atoms with Crippen LogP contribution in [0.4, 0.5) is 11.4 Å². The van der Waals surface area contributed by atoms with Gasteiger partial charge in [-0.2, -0.15) is 0 Å². The van der Waals surface area contributed by atoms with Crippen LogP contribution >= 0.6 is 15.9 Å². The molecule has 1 aromatic heterocycles. The van der Waals surface area contributed by atoms with Gasteiger partial charge in [0.2, 0.25) is 5.56 Å². The summed E-state index contributed by atoms with van der Waals surface area (Å²) < 4.78 is 17.2. The summed E-state index contributed by atoms with van der Waals surface area (Å²) in [5, 5.41) is 4.30. The number of H-pyrrole nitrogens is 1. The van der Waals surface area contributed by atoms with Crippen molar-refractivity contribution in [1.29, 1.82) is 0 Å². The number of nitrogens with zero attached hydrogens (tertiary/aromatic N) is 1. The Morgan fingerprint density at radius 1 is 1.15 bits per heavy atom. The Morgan fingerprint density at radius 2 is 2.00 bits per heavy atom. The van der Waals surface area contributed by atoms with E-state index < -0.39 is 0 Å². The number of ether oxygens (including phenoxy) is 3. The molecule has 0 unspecified atom stereocenters. The van der Waals surface area contributed by atoms with E-state index in [0.717, 1.165) is 70.1 Å². The molecule has 2 aliphatic rings. The summed E-state index contributed by atoms with van der Waals surface area (Å²) in [6, 6.07) is 16.1. The largest absolute Gasteiger partial charge is 0.456 e. The van der Waals surface area contributed by atoms with Gasteiger partial charge in [-0.15, -0.1) is 0 Å². The van der Waals surface area contributed by atoms with Crippen molar-refractivity contribution >= 4 is 27.3 Å². The minimum atomic E-state index is -0.124. The lowest BCUT2D eigenvalue weighted by Crippen LogP contribution is -2.36. The third-order valence-electron chi connectivity index (χ3n) is 6.17. The highest BCUT2D eigenvalue weighted by molar-refractivity contribution is 9.09. The molecule has 178 valence electrons. The first-order valence-corrected chi connectivity index (χ1v) is 12.6. The number of hydrogen-bond acceptors (Lipinski definition) is 6. The third-order valence-corrected chi connectivity index (χ3v) is 6.95. The van der Waals surface area contributed by atoms with Gasteiger partial charge in [-0.1, -0.05) is 28.1 Å². The van der Waals surface area contributed by atoms with E-state index >= 15 is 0 Å². The normalized spacial score (nSPS) is 15.8. The number of anilines is 2. The SMILES string of the molecule is COC[C@H](CBr)Nc1ccc2c(c1)Cc1cccc(-c3cc(N4CCOCC4)cc(=O)[nH]3)c1O2. The van der Waals surface area contributed by atoms with Gasteiger partial charge in [0.1, 0.15) is 11.5 Å². The highest BCUT2D eigenvalue weighted by atomic mass is 79.9. The van der Waals surface area contributed by atoms with Crippen LogP contribution in [0, 0.1) is 0 Å². The van der Waals surface area contributed by atoms with Crippen LogP contribution in [0.15, 0.2) is 53.3 Å². The molecule has 1 atom stereocenters. The summed E-state index contributed by atoms with van der Waals surface area (Å²) in [5.41, 5.74) is 5.67. The van der Waals surface area contributed by atoms with Crippen molar-refractivity contribution in [3.05, 3.63) is 70.0 Å². The Labute approximate surface area is 207 Å². The topological polar surface area (TPSA) is 75.8 Å². The van der Waals surface area contributed by atoms with Crippen LogP contribution in [0.5, 0.6) is 11.5 Å². The predicted molar refractivity (Wildman–Crippen MR) is 138 cm³/mol. The Kier molecular flexibility index (Phi) is 6.89. The second-order valence-electron chi connectivity index (χ2n) is 8.56. The number of fused-ring (bicyclic) bond motifs is 2. The fourth-order valence-corrected chi connectivity index (χ4v) is 4.87. The van der Waals surface area contributed by atoms with Gasteiger partial charge in [0.05, 0.1) is 31.6 Å². The van der Waals surface area contributed by atoms with Gasteiger partial charge < -0.3 is 29.4 Å². The number of morpholine rings is 1. The van der Waals surface area contributed by atoms with Crippen molar-refractivity contribution in [2.24, 2.45) is 0 Å². The van der Waals surface area contributed by atoms with Gasteiger partial charge in [0, 0.05) is 60.5 Å². The maximum atomic E-state index is 12.5. The summed E-state index contributed by atoms with van der Waals surface area (Å²) >= 11 is 3.53. The molecule has 1 saturated heterocycles. The van der Waals surface area contributed by atoms with Crippen molar-refractivity contribution < 1.29 is 14.2 Å². The van der Waals surface area contributed by atoms with Crippen LogP contribution < -0.4 is 20.5 Å². The van der Waals surface area contributed by atoms with E-state index in [0.29, 0.717) is 19.8 Å². The molecule has 3 aromatic rings. The quantitative estimate of drug-likeness (QED) is 0.348. The summed E-state index contributed by atoms with van der Waals surface area (Å²) in [6.45, 7) is 3.50. The number of benzene rings is 2. The molecule has 7 nitrogen and oxygen atoms in total. The Hall–Kier alpha value is -2.81. The molecule has 0 aliphatic carbocycles. The maximum absolute atomic E-state index is 12.5. The van der Waals surface area contributed by atoms with E-state index in [9.17, 15) is 4.79 Å². The molecule has 3 heterocycles. The lowest BCUT2D eigenvalue weighted by molar-refractivity contribution is 0.122. The highest BCUT2D eigenvalue weighted by Crippen LogP contribution is 2.43. The van der Waals surface area contributed by atoms with Crippen LogP contribution in [0.1, 0.15) is 11.1 Å². The molecule has 2 aromatic carbocycles. The number of methoxy groups -OCH3 is 1. The van der Waals surface area contributed by atoms with Crippen molar-refractivity contribution in [3.63, 3.8) is 0 Å².